The summed E-state index contributed by atoms with van der Waals surface area (Å²) in [5, 5.41) is 7.96. The Labute approximate surface area is 104 Å². The molecule has 0 saturated carbocycles. The minimum absolute atomic E-state index is 0.578. The first-order valence-corrected chi connectivity index (χ1v) is 6.53. The Morgan fingerprint density at radius 3 is 2.88 bits per heavy atom. The minimum atomic E-state index is 0.578. The van der Waals surface area contributed by atoms with E-state index in [2.05, 4.69) is 42.2 Å². The highest BCUT2D eigenvalue weighted by Crippen LogP contribution is 2.14. The highest BCUT2D eigenvalue weighted by molar-refractivity contribution is 5.08. The second kappa shape index (κ2) is 5.19. The first-order valence-electron chi connectivity index (χ1n) is 6.53. The molecule has 1 saturated heterocycles. The van der Waals surface area contributed by atoms with Crippen molar-refractivity contribution in [3.8, 4) is 0 Å². The molecule has 1 aromatic heterocycles. The van der Waals surface area contributed by atoms with Crippen LogP contribution in [-0.2, 0) is 13.6 Å². The fourth-order valence-electron chi connectivity index (χ4n) is 2.56. The smallest absolute Gasteiger partial charge is 0.0597 e. The molecule has 0 radical (unpaired) electrons. The highest BCUT2D eigenvalue weighted by Gasteiger charge is 2.21. The number of nitrogens with one attached hydrogen (secondary N) is 1. The van der Waals surface area contributed by atoms with Gasteiger partial charge in [-0.2, -0.15) is 5.10 Å². The standard InChI is InChI=1S/C13H24N4/c1-10-7-13(16(4)15-10)9-17-8-11(2)14-6-5-12(17)3/h7,11-12,14H,5-6,8-9H2,1-4H3. The van der Waals surface area contributed by atoms with Crippen LogP contribution >= 0.6 is 0 Å². The minimum Gasteiger partial charge on any atom is -0.313 e. The van der Waals surface area contributed by atoms with Crippen molar-refractivity contribution in [2.75, 3.05) is 13.1 Å². The lowest BCUT2D eigenvalue weighted by atomic mass is 10.2. The van der Waals surface area contributed by atoms with E-state index in [0.717, 1.165) is 25.3 Å². The van der Waals surface area contributed by atoms with Crippen molar-refractivity contribution in [1.29, 1.82) is 0 Å². The van der Waals surface area contributed by atoms with E-state index in [1.165, 1.54) is 12.1 Å². The molecular formula is C13H24N4. The molecule has 0 spiro atoms. The van der Waals surface area contributed by atoms with Crippen molar-refractivity contribution >= 4 is 0 Å². The van der Waals surface area contributed by atoms with E-state index < -0.39 is 0 Å². The van der Waals surface area contributed by atoms with Crippen molar-refractivity contribution in [2.45, 2.75) is 45.8 Å². The largest absolute Gasteiger partial charge is 0.313 e. The van der Waals surface area contributed by atoms with Gasteiger partial charge in [-0.15, -0.1) is 0 Å². The molecule has 0 aromatic carbocycles. The molecule has 17 heavy (non-hydrogen) atoms. The van der Waals surface area contributed by atoms with Crippen LogP contribution in [0.5, 0.6) is 0 Å². The Morgan fingerprint density at radius 1 is 1.47 bits per heavy atom. The summed E-state index contributed by atoms with van der Waals surface area (Å²) >= 11 is 0. The second-order valence-electron chi connectivity index (χ2n) is 5.32. The Hall–Kier alpha value is -0.870. The number of hydrogen-bond donors (Lipinski definition) is 1. The summed E-state index contributed by atoms with van der Waals surface area (Å²) in [5.41, 5.74) is 2.42. The number of aryl methyl sites for hydroxylation is 2. The summed E-state index contributed by atoms with van der Waals surface area (Å²) in [6.07, 6.45) is 1.22. The summed E-state index contributed by atoms with van der Waals surface area (Å²) in [4.78, 5) is 2.56. The summed E-state index contributed by atoms with van der Waals surface area (Å²) in [5.74, 6) is 0. The van der Waals surface area contributed by atoms with Gasteiger partial charge in [-0.1, -0.05) is 0 Å². The first-order chi connectivity index (χ1) is 8.06. The van der Waals surface area contributed by atoms with Crippen LogP contribution in [0.25, 0.3) is 0 Å². The van der Waals surface area contributed by atoms with Crippen molar-refractivity contribution in [1.82, 2.24) is 20.0 Å². The summed E-state index contributed by atoms with van der Waals surface area (Å²) in [7, 11) is 2.03. The molecule has 1 N–H and O–H groups in total. The molecular weight excluding hydrogens is 212 g/mol. The maximum Gasteiger partial charge on any atom is 0.0597 e. The molecule has 2 atom stereocenters. The van der Waals surface area contributed by atoms with Crippen molar-refractivity contribution in [2.24, 2.45) is 7.05 Å². The molecule has 2 heterocycles. The average molecular weight is 236 g/mol. The zero-order chi connectivity index (χ0) is 12.4. The third-order valence-corrected chi connectivity index (χ3v) is 3.65. The van der Waals surface area contributed by atoms with Gasteiger partial charge in [0.25, 0.3) is 0 Å². The molecule has 0 amide bonds. The highest BCUT2D eigenvalue weighted by atomic mass is 15.3. The van der Waals surface area contributed by atoms with Gasteiger partial charge in [0, 0.05) is 32.2 Å². The Balaban J connectivity index is 2.07. The molecule has 2 unspecified atom stereocenters. The molecule has 0 bridgehead atoms. The third-order valence-electron chi connectivity index (χ3n) is 3.65. The SMILES string of the molecule is Cc1cc(CN2CC(C)NCCC2C)n(C)n1. The summed E-state index contributed by atoms with van der Waals surface area (Å²) in [6, 6.07) is 3.41. The van der Waals surface area contributed by atoms with Crippen LogP contribution in [0.3, 0.4) is 0 Å². The second-order valence-corrected chi connectivity index (χ2v) is 5.32. The Morgan fingerprint density at radius 2 is 2.24 bits per heavy atom. The molecule has 4 heteroatoms. The Bertz CT molecular complexity index is 371. The topological polar surface area (TPSA) is 33.1 Å². The normalized spacial score (nSPS) is 27.1. The van der Waals surface area contributed by atoms with E-state index in [1.807, 2.05) is 11.7 Å². The van der Waals surface area contributed by atoms with Crippen molar-refractivity contribution < 1.29 is 0 Å². The molecule has 1 fully saturated rings. The van der Waals surface area contributed by atoms with Gasteiger partial charge in [0.05, 0.1) is 11.4 Å². The average Bonchev–Trinajstić information content (AvgIpc) is 2.46. The number of aromatic nitrogens is 2. The summed E-state index contributed by atoms with van der Waals surface area (Å²) in [6.45, 7) is 9.89. The van der Waals surface area contributed by atoms with E-state index in [9.17, 15) is 0 Å². The van der Waals surface area contributed by atoms with Gasteiger partial charge < -0.3 is 5.32 Å². The lowest BCUT2D eigenvalue weighted by molar-refractivity contribution is 0.194. The molecule has 1 aromatic rings. The van der Waals surface area contributed by atoms with E-state index in [4.69, 9.17) is 0 Å². The quantitative estimate of drug-likeness (QED) is 0.840. The number of nitrogens with zero attached hydrogens (tertiary/aromatic N) is 3. The molecule has 0 aliphatic carbocycles. The zero-order valence-electron chi connectivity index (χ0n) is 11.4. The van der Waals surface area contributed by atoms with E-state index in [1.54, 1.807) is 0 Å². The fraction of sp³-hybridized carbons (Fsp3) is 0.769. The molecule has 96 valence electrons. The van der Waals surface area contributed by atoms with Gasteiger partial charge >= 0.3 is 0 Å². The van der Waals surface area contributed by atoms with Gasteiger partial charge in [0.2, 0.25) is 0 Å². The van der Waals surface area contributed by atoms with Crippen LogP contribution in [0, 0.1) is 6.92 Å². The van der Waals surface area contributed by atoms with Gasteiger partial charge in [-0.3, -0.25) is 9.58 Å². The molecule has 4 nitrogen and oxygen atoms in total. The van der Waals surface area contributed by atoms with E-state index in [0.29, 0.717) is 12.1 Å². The third kappa shape index (κ3) is 3.07. The molecule has 2 rings (SSSR count). The monoisotopic (exact) mass is 236 g/mol. The maximum atomic E-state index is 4.42. The van der Waals surface area contributed by atoms with Crippen molar-refractivity contribution in [3.05, 3.63) is 17.5 Å². The van der Waals surface area contributed by atoms with Gasteiger partial charge in [-0.25, -0.2) is 0 Å². The van der Waals surface area contributed by atoms with Crippen LogP contribution in [-0.4, -0.2) is 39.9 Å². The number of hydrogen-bond acceptors (Lipinski definition) is 3. The molecule has 1 aliphatic rings. The fourth-order valence-corrected chi connectivity index (χ4v) is 2.56. The van der Waals surface area contributed by atoms with Crippen LogP contribution in [0.4, 0.5) is 0 Å². The van der Waals surface area contributed by atoms with Crippen LogP contribution < -0.4 is 5.32 Å². The number of rotatable bonds is 2. The zero-order valence-corrected chi connectivity index (χ0v) is 11.4. The maximum absolute atomic E-state index is 4.42. The van der Waals surface area contributed by atoms with E-state index >= 15 is 0 Å². The van der Waals surface area contributed by atoms with Crippen LogP contribution in [0.15, 0.2) is 6.07 Å². The van der Waals surface area contributed by atoms with Gasteiger partial charge in [0.15, 0.2) is 0 Å². The van der Waals surface area contributed by atoms with Gasteiger partial charge in [-0.05, 0) is 39.8 Å². The lowest BCUT2D eigenvalue weighted by Crippen LogP contribution is -2.38. The van der Waals surface area contributed by atoms with Gasteiger partial charge in [0.1, 0.15) is 0 Å². The lowest BCUT2D eigenvalue weighted by Gasteiger charge is -2.27. The predicted octanol–water partition coefficient (Wildman–Crippen LogP) is 1.30. The Kier molecular flexibility index (Phi) is 3.84. The van der Waals surface area contributed by atoms with E-state index in [-0.39, 0.29) is 0 Å². The first kappa shape index (κ1) is 12.6. The molecule has 1 aliphatic heterocycles. The van der Waals surface area contributed by atoms with Crippen LogP contribution in [0.2, 0.25) is 0 Å². The predicted molar refractivity (Wildman–Crippen MR) is 69.9 cm³/mol. The van der Waals surface area contributed by atoms with Crippen LogP contribution in [0.1, 0.15) is 31.7 Å². The summed E-state index contributed by atoms with van der Waals surface area (Å²) < 4.78 is 2.00. The van der Waals surface area contributed by atoms with Crippen molar-refractivity contribution in [3.63, 3.8) is 0 Å².